The van der Waals surface area contributed by atoms with Crippen LogP contribution in [0.1, 0.15) is 19.4 Å². The van der Waals surface area contributed by atoms with E-state index in [9.17, 15) is 26.4 Å². The van der Waals surface area contributed by atoms with Crippen molar-refractivity contribution in [3.8, 4) is 5.75 Å². The maximum atomic E-state index is 12.8. The van der Waals surface area contributed by atoms with Gasteiger partial charge in [-0.05, 0) is 56.3 Å². The molecule has 10 heteroatoms. The average Bonchev–Trinajstić information content (AvgIpc) is 2.62. The number of halogens is 3. The molecule has 158 valence electrons. The van der Waals surface area contributed by atoms with Crippen molar-refractivity contribution in [3.05, 3.63) is 54.1 Å². The van der Waals surface area contributed by atoms with Crippen molar-refractivity contribution in [1.82, 2.24) is 0 Å². The molecule has 1 amide bonds. The minimum atomic E-state index is -4.56. The van der Waals surface area contributed by atoms with E-state index >= 15 is 0 Å². The highest BCUT2D eigenvalue weighted by Gasteiger charge is 2.32. The number of alkyl halides is 3. The SMILES string of the molecule is CCOc1ccc(N(C(C)C(=O)Nc2cccc(C(F)(F)F)c2)S(C)(=O)=O)cc1. The summed E-state index contributed by atoms with van der Waals surface area (Å²) < 4.78 is 69.3. The molecule has 0 spiro atoms. The Labute approximate surface area is 167 Å². The second kappa shape index (κ2) is 8.73. The highest BCUT2D eigenvalue weighted by atomic mass is 32.2. The second-order valence-corrected chi connectivity index (χ2v) is 8.09. The van der Waals surface area contributed by atoms with Gasteiger partial charge < -0.3 is 10.1 Å². The number of carbonyl (C=O) groups is 1. The van der Waals surface area contributed by atoms with Gasteiger partial charge in [0.25, 0.3) is 0 Å². The number of carbonyl (C=O) groups excluding carboxylic acids is 1. The standard InChI is InChI=1S/C19H21F3N2O4S/c1-4-28-17-10-8-16(9-11-17)24(29(3,26)27)13(2)18(25)23-15-7-5-6-14(12-15)19(20,21)22/h5-13H,4H2,1-3H3,(H,23,25). The number of rotatable bonds is 7. The van der Waals surface area contributed by atoms with Gasteiger partial charge in [-0.1, -0.05) is 6.07 Å². The fraction of sp³-hybridized carbons (Fsp3) is 0.316. The molecule has 0 saturated heterocycles. The second-order valence-electron chi connectivity index (χ2n) is 6.23. The van der Waals surface area contributed by atoms with Crippen LogP contribution in [0.5, 0.6) is 5.75 Å². The number of nitrogens with zero attached hydrogens (tertiary/aromatic N) is 1. The molecule has 0 aliphatic carbocycles. The summed E-state index contributed by atoms with van der Waals surface area (Å²) in [7, 11) is -3.86. The Bertz CT molecular complexity index is 960. The Balaban J connectivity index is 2.28. The first kappa shape index (κ1) is 22.5. The van der Waals surface area contributed by atoms with Gasteiger partial charge in [-0.25, -0.2) is 8.42 Å². The Morgan fingerprint density at radius 3 is 2.31 bits per heavy atom. The lowest BCUT2D eigenvalue weighted by atomic mass is 10.2. The van der Waals surface area contributed by atoms with Crippen LogP contribution in [0.25, 0.3) is 0 Å². The van der Waals surface area contributed by atoms with E-state index in [1.54, 1.807) is 19.1 Å². The maximum Gasteiger partial charge on any atom is 0.416 e. The Hall–Kier alpha value is -2.75. The number of amides is 1. The number of anilines is 2. The van der Waals surface area contributed by atoms with Gasteiger partial charge in [-0.3, -0.25) is 9.10 Å². The van der Waals surface area contributed by atoms with E-state index in [4.69, 9.17) is 4.74 Å². The van der Waals surface area contributed by atoms with E-state index in [0.717, 1.165) is 28.8 Å². The van der Waals surface area contributed by atoms with E-state index in [2.05, 4.69) is 5.32 Å². The molecule has 0 radical (unpaired) electrons. The summed E-state index contributed by atoms with van der Waals surface area (Å²) in [6.45, 7) is 3.59. The molecule has 0 aromatic heterocycles. The van der Waals surface area contributed by atoms with Gasteiger partial charge in [0.15, 0.2) is 0 Å². The van der Waals surface area contributed by atoms with E-state index in [-0.39, 0.29) is 11.4 Å². The number of sulfonamides is 1. The predicted molar refractivity (Wildman–Crippen MR) is 104 cm³/mol. The number of benzene rings is 2. The molecule has 0 saturated carbocycles. The molecule has 0 fully saturated rings. The van der Waals surface area contributed by atoms with Crippen molar-refractivity contribution in [2.45, 2.75) is 26.1 Å². The fourth-order valence-electron chi connectivity index (χ4n) is 2.68. The quantitative estimate of drug-likeness (QED) is 0.723. The molecular formula is C19H21F3N2O4S. The van der Waals surface area contributed by atoms with Crippen LogP contribution < -0.4 is 14.4 Å². The van der Waals surface area contributed by atoms with Gasteiger partial charge in [0.1, 0.15) is 11.8 Å². The van der Waals surface area contributed by atoms with E-state index in [0.29, 0.717) is 12.4 Å². The lowest BCUT2D eigenvalue weighted by Crippen LogP contribution is -2.45. The molecule has 2 aromatic carbocycles. The first-order valence-corrected chi connectivity index (χ1v) is 10.5. The number of hydrogen-bond donors (Lipinski definition) is 1. The van der Waals surface area contributed by atoms with Gasteiger partial charge >= 0.3 is 6.18 Å². The van der Waals surface area contributed by atoms with Crippen LogP contribution >= 0.6 is 0 Å². The Kier molecular flexibility index (Phi) is 6.78. The van der Waals surface area contributed by atoms with Crippen molar-refractivity contribution in [2.75, 3.05) is 22.5 Å². The van der Waals surface area contributed by atoms with Crippen molar-refractivity contribution in [3.63, 3.8) is 0 Å². The van der Waals surface area contributed by atoms with Crippen LogP contribution in [0.3, 0.4) is 0 Å². The molecule has 0 aliphatic rings. The van der Waals surface area contributed by atoms with Crippen LogP contribution in [0.15, 0.2) is 48.5 Å². The third-order valence-electron chi connectivity index (χ3n) is 3.95. The molecule has 0 heterocycles. The molecular weight excluding hydrogens is 409 g/mol. The lowest BCUT2D eigenvalue weighted by Gasteiger charge is -2.28. The normalized spacial score (nSPS) is 12.9. The molecule has 1 N–H and O–H groups in total. The smallest absolute Gasteiger partial charge is 0.416 e. The summed E-state index contributed by atoms with van der Waals surface area (Å²) in [5.74, 6) is -0.241. The first-order valence-electron chi connectivity index (χ1n) is 8.64. The minimum absolute atomic E-state index is 0.0863. The average molecular weight is 430 g/mol. The zero-order chi connectivity index (χ0) is 21.8. The maximum absolute atomic E-state index is 12.8. The van der Waals surface area contributed by atoms with E-state index < -0.39 is 33.7 Å². The van der Waals surface area contributed by atoms with E-state index in [1.165, 1.54) is 25.1 Å². The highest BCUT2D eigenvalue weighted by molar-refractivity contribution is 7.92. The van der Waals surface area contributed by atoms with Crippen LogP contribution in [-0.2, 0) is 21.0 Å². The van der Waals surface area contributed by atoms with Crippen LogP contribution in [0.2, 0.25) is 0 Å². The third kappa shape index (κ3) is 5.86. The zero-order valence-corrected chi connectivity index (χ0v) is 16.8. The van der Waals surface area contributed by atoms with Crippen LogP contribution in [0, 0.1) is 0 Å². The van der Waals surface area contributed by atoms with Crippen molar-refractivity contribution < 1.29 is 31.1 Å². The number of ether oxygens (including phenoxy) is 1. The van der Waals surface area contributed by atoms with Gasteiger partial charge in [-0.2, -0.15) is 13.2 Å². The molecule has 29 heavy (non-hydrogen) atoms. The van der Waals surface area contributed by atoms with Gasteiger partial charge in [0.05, 0.1) is 24.1 Å². The Morgan fingerprint density at radius 2 is 1.79 bits per heavy atom. The molecule has 0 aliphatic heterocycles. The molecule has 6 nitrogen and oxygen atoms in total. The predicted octanol–water partition coefficient (Wildman–Crippen LogP) is 3.90. The molecule has 0 bridgehead atoms. The summed E-state index contributed by atoms with van der Waals surface area (Å²) in [5.41, 5.74) is -0.783. The highest BCUT2D eigenvalue weighted by Crippen LogP contribution is 2.31. The number of nitrogens with one attached hydrogen (secondary N) is 1. The van der Waals surface area contributed by atoms with Crippen molar-refractivity contribution >= 4 is 27.3 Å². The number of hydrogen-bond acceptors (Lipinski definition) is 4. The summed E-state index contributed by atoms with van der Waals surface area (Å²) in [6, 6.07) is 9.00. The van der Waals surface area contributed by atoms with Crippen molar-refractivity contribution in [2.24, 2.45) is 0 Å². The van der Waals surface area contributed by atoms with Crippen molar-refractivity contribution in [1.29, 1.82) is 0 Å². The first-order chi connectivity index (χ1) is 13.4. The molecule has 2 aromatic rings. The summed E-state index contributed by atoms with van der Waals surface area (Å²) in [5, 5.41) is 2.34. The molecule has 2 rings (SSSR count). The monoisotopic (exact) mass is 430 g/mol. The summed E-state index contributed by atoms with van der Waals surface area (Å²) in [6.07, 6.45) is -3.62. The van der Waals surface area contributed by atoms with Gasteiger partial charge in [-0.15, -0.1) is 0 Å². The molecule has 1 atom stereocenters. The van der Waals surface area contributed by atoms with E-state index in [1.807, 2.05) is 0 Å². The zero-order valence-electron chi connectivity index (χ0n) is 16.0. The van der Waals surface area contributed by atoms with Gasteiger partial charge in [0, 0.05) is 5.69 Å². The van der Waals surface area contributed by atoms with Gasteiger partial charge in [0.2, 0.25) is 15.9 Å². The minimum Gasteiger partial charge on any atom is -0.494 e. The third-order valence-corrected chi connectivity index (χ3v) is 5.19. The summed E-state index contributed by atoms with van der Waals surface area (Å²) >= 11 is 0. The largest absolute Gasteiger partial charge is 0.494 e. The molecule has 1 unspecified atom stereocenters. The van der Waals surface area contributed by atoms with Crippen LogP contribution in [0.4, 0.5) is 24.5 Å². The fourth-order valence-corrected chi connectivity index (χ4v) is 3.86. The topological polar surface area (TPSA) is 75.7 Å². The lowest BCUT2D eigenvalue weighted by molar-refractivity contribution is -0.137. The Morgan fingerprint density at radius 1 is 1.17 bits per heavy atom. The summed E-state index contributed by atoms with van der Waals surface area (Å²) in [4.78, 5) is 12.6. The van der Waals surface area contributed by atoms with Crippen LogP contribution in [-0.4, -0.2) is 33.2 Å².